The molecule has 2 amide bonds. The Balaban J connectivity index is 1.71. The molecular weight excluding hydrogens is 352 g/mol. The SMILES string of the molecule is C[C@H](c1ccccc1)N(Cc1ccccc1)C(=O)NC1CCC(C(=O)O)CC1. The number of carboxylic acids is 1. The van der Waals surface area contributed by atoms with Crippen molar-refractivity contribution >= 4 is 12.0 Å². The maximum atomic E-state index is 13.1. The monoisotopic (exact) mass is 380 g/mol. The van der Waals surface area contributed by atoms with Crippen LogP contribution in [0.1, 0.15) is 49.8 Å². The van der Waals surface area contributed by atoms with Crippen LogP contribution in [0.15, 0.2) is 60.7 Å². The van der Waals surface area contributed by atoms with E-state index in [1.807, 2.05) is 72.5 Å². The minimum atomic E-state index is -0.729. The fraction of sp³-hybridized carbons (Fsp3) is 0.391. The van der Waals surface area contributed by atoms with Crippen LogP contribution in [0.4, 0.5) is 4.79 Å². The zero-order valence-electron chi connectivity index (χ0n) is 16.3. The summed E-state index contributed by atoms with van der Waals surface area (Å²) in [5.74, 6) is -1.01. The molecule has 5 heteroatoms. The van der Waals surface area contributed by atoms with Crippen molar-refractivity contribution in [2.24, 2.45) is 5.92 Å². The summed E-state index contributed by atoms with van der Waals surface area (Å²) < 4.78 is 0. The topological polar surface area (TPSA) is 69.6 Å². The molecule has 0 spiro atoms. The number of carbonyl (C=O) groups is 2. The highest BCUT2D eigenvalue weighted by atomic mass is 16.4. The Morgan fingerprint density at radius 1 is 1.00 bits per heavy atom. The molecule has 1 atom stereocenters. The van der Waals surface area contributed by atoms with Gasteiger partial charge in [-0.1, -0.05) is 60.7 Å². The van der Waals surface area contributed by atoms with Gasteiger partial charge in [0.05, 0.1) is 12.0 Å². The van der Waals surface area contributed by atoms with E-state index in [0.717, 1.165) is 11.1 Å². The van der Waals surface area contributed by atoms with Crippen LogP contribution in [-0.4, -0.2) is 28.0 Å². The molecule has 1 aliphatic rings. The molecule has 0 aromatic heterocycles. The summed E-state index contributed by atoms with van der Waals surface area (Å²) in [4.78, 5) is 26.1. The van der Waals surface area contributed by atoms with Gasteiger partial charge in [-0.2, -0.15) is 0 Å². The third kappa shape index (κ3) is 5.12. The van der Waals surface area contributed by atoms with E-state index in [-0.39, 0.29) is 24.0 Å². The van der Waals surface area contributed by atoms with Crippen LogP contribution in [-0.2, 0) is 11.3 Å². The van der Waals surface area contributed by atoms with E-state index in [0.29, 0.717) is 32.2 Å². The van der Waals surface area contributed by atoms with E-state index in [9.17, 15) is 9.59 Å². The van der Waals surface area contributed by atoms with Crippen LogP contribution in [0.2, 0.25) is 0 Å². The van der Waals surface area contributed by atoms with Crippen molar-refractivity contribution in [1.82, 2.24) is 10.2 Å². The van der Waals surface area contributed by atoms with E-state index in [1.165, 1.54) is 0 Å². The third-order valence-electron chi connectivity index (χ3n) is 5.61. The number of carbonyl (C=O) groups excluding carboxylic acids is 1. The first-order valence-electron chi connectivity index (χ1n) is 9.93. The van der Waals surface area contributed by atoms with Crippen LogP contribution in [0.3, 0.4) is 0 Å². The average molecular weight is 380 g/mol. The zero-order valence-corrected chi connectivity index (χ0v) is 16.3. The highest BCUT2D eigenvalue weighted by Gasteiger charge is 2.29. The predicted molar refractivity (Wildman–Crippen MR) is 109 cm³/mol. The standard InChI is InChI=1S/C23H28N2O3/c1-17(19-10-6-3-7-11-19)25(16-18-8-4-2-5-9-18)23(28)24-21-14-12-20(13-15-21)22(26)27/h2-11,17,20-21H,12-16H2,1H3,(H,24,28)(H,26,27)/t17-,20?,21?/m1/s1. The summed E-state index contributed by atoms with van der Waals surface area (Å²) in [5.41, 5.74) is 2.16. The summed E-state index contributed by atoms with van der Waals surface area (Å²) in [6.45, 7) is 2.56. The van der Waals surface area contributed by atoms with Gasteiger partial charge < -0.3 is 15.3 Å². The van der Waals surface area contributed by atoms with Crippen molar-refractivity contribution in [2.45, 2.75) is 51.2 Å². The van der Waals surface area contributed by atoms with Crippen molar-refractivity contribution in [1.29, 1.82) is 0 Å². The number of benzene rings is 2. The number of urea groups is 1. The smallest absolute Gasteiger partial charge is 0.318 e. The first-order chi connectivity index (χ1) is 13.5. The van der Waals surface area contributed by atoms with Gasteiger partial charge in [-0.3, -0.25) is 4.79 Å². The van der Waals surface area contributed by atoms with Gasteiger partial charge in [0, 0.05) is 12.6 Å². The van der Waals surface area contributed by atoms with Crippen LogP contribution >= 0.6 is 0 Å². The number of rotatable bonds is 6. The van der Waals surface area contributed by atoms with Crippen molar-refractivity contribution < 1.29 is 14.7 Å². The Kier molecular flexibility index (Phi) is 6.69. The number of carboxylic acid groups (broad SMARTS) is 1. The Morgan fingerprint density at radius 3 is 2.14 bits per heavy atom. The second-order valence-electron chi connectivity index (χ2n) is 7.54. The van der Waals surface area contributed by atoms with E-state index < -0.39 is 5.97 Å². The van der Waals surface area contributed by atoms with Crippen molar-refractivity contribution in [3.8, 4) is 0 Å². The summed E-state index contributed by atoms with van der Waals surface area (Å²) in [6.07, 6.45) is 2.66. The lowest BCUT2D eigenvalue weighted by Crippen LogP contribution is -2.46. The predicted octanol–water partition coefficient (Wildman–Crippen LogP) is 4.60. The second-order valence-corrected chi connectivity index (χ2v) is 7.54. The Hall–Kier alpha value is -2.82. The molecule has 28 heavy (non-hydrogen) atoms. The van der Waals surface area contributed by atoms with Crippen molar-refractivity contribution in [3.63, 3.8) is 0 Å². The molecule has 3 rings (SSSR count). The summed E-state index contributed by atoms with van der Waals surface area (Å²) >= 11 is 0. The molecule has 148 valence electrons. The molecule has 2 aromatic carbocycles. The number of aliphatic carboxylic acids is 1. The van der Waals surface area contributed by atoms with E-state index in [1.54, 1.807) is 0 Å². The first-order valence-corrected chi connectivity index (χ1v) is 9.93. The number of hydrogen-bond acceptors (Lipinski definition) is 2. The number of amides is 2. The molecule has 1 fully saturated rings. The van der Waals surface area contributed by atoms with Gasteiger partial charge in [0.1, 0.15) is 0 Å². The number of nitrogens with zero attached hydrogens (tertiary/aromatic N) is 1. The summed E-state index contributed by atoms with van der Waals surface area (Å²) in [6, 6.07) is 19.8. The van der Waals surface area contributed by atoms with Crippen LogP contribution in [0.5, 0.6) is 0 Å². The number of nitrogens with one attached hydrogen (secondary N) is 1. The molecule has 2 N–H and O–H groups in total. The molecule has 0 heterocycles. The minimum Gasteiger partial charge on any atom is -0.481 e. The normalized spacial score (nSPS) is 20.2. The molecule has 0 aliphatic heterocycles. The summed E-state index contributed by atoms with van der Waals surface area (Å²) in [7, 11) is 0. The lowest BCUT2D eigenvalue weighted by atomic mass is 9.86. The lowest BCUT2D eigenvalue weighted by Gasteiger charge is -2.33. The molecule has 5 nitrogen and oxygen atoms in total. The Morgan fingerprint density at radius 2 is 1.57 bits per heavy atom. The highest BCUT2D eigenvalue weighted by Crippen LogP contribution is 2.26. The zero-order chi connectivity index (χ0) is 19.9. The first kappa shape index (κ1) is 19.9. The van der Waals surface area contributed by atoms with Gasteiger partial charge in [-0.25, -0.2) is 4.79 Å². The largest absolute Gasteiger partial charge is 0.481 e. The van der Waals surface area contributed by atoms with E-state index in [4.69, 9.17) is 5.11 Å². The van der Waals surface area contributed by atoms with Crippen LogP contribution in [0.25, 0.3) is 0 Å². The molecule has 0 saturated heterocycles. The summed E-state index contributed by atoms with van der Waals surface area (Å²) in [5, 5.41) is 12.3. The van der Waals surface area contributed by atoms with Crippen LogP contribution < -0.4 is 5.32 Å². The minimum absolute atomic E-state index is 0.0318. The molecular formula is C23H28N2O3. The Bertz CT molecular complexity index is 771. The van der Waals surface area contributed by atoms with Gasteiger partial charge in [0.2, 0.25) is 0 Å². The third-order valence-corrected chi connectivity index (χ3v) is 5.61. The average Bonchev–Trinajstić information content (AvgIpc) is 2.73. The van der Waals surface area contributed by atoms with E-state index in [2.05, 4.69) is 5.32 Å². The molecule has 1 aliphatic carbocycles. The molecule has 0 radical (unpaired) electrons. The van der Waals surface area contributed by atoms with Gasteiger partial charge >= 0.3 is 12.0 Å². The fourth-order valence-electron chi connectivity index (χ4n) is 3.82. The van der Waals surface area contributed by atoms with Gasteiger partial charge in [-0.05, 0) is 43.7 Å². The maximum absolute atomic E-state index is 13.1. The molecule has 2 aromatic rings. The van der Waals surface area contributed by atoms with Crippen molar-refractivity contribution in [3.05, 3.63) is 71.8 Å². The Labute approximate surface area is 166 Å². The van der Waals surface area contributed by atoms with Gasteiger partial charge in [0.15, 0.2) is 0 Å². The van der Waals surface area contributed by atoms with Crippen molar-refractivity contribution in [2.75, 3.05) is 0 Å². The van der Waals surface area contributed by atoms with Crippen LogP contribution in [0, 0.1) is 5.92 Å². The highest BCUT2D eigenvalue weighted by molar-refractivity contribution is 5.75. The number of hydrogen-bond donors (Lipinski definition) is 2. The molecule has 0 unspecified atom stereocenters. The maximum Gasteiger partial charge on any atom is 0.318 e. The molecule has 0 bridgehead atoms. The fourth-order valence-corrected chi connectivity index (χ4v) is 3.82. The van der Waals surface area contributed by atoms with Gasteiger partial charge in [-0.15, -0.1) is 0 Å². The second kappa shape index (κ2) is 9.40. The van der Waals surface area contributed by atoms with Gasteiger partial charge in [0.25, 0.3) is 0 Å². The molecule has 1 saturated carbocycles. The lowest BCUT2D eigenvalue weighted by molar-refractivity contribution is -0.142. The van der Waals surface area contributed by atoms with E-state index >= 15 is 0 Å². The quantitative estimate of drug-likeness (QED) is 0.769.